The molecule has 0 bridgehead atoms. The molecule has 0 radical (unpaired) electrons. The third-order valence-corrected chi connectivity index (χ3v) is 14.9. The summed E-state index contributed by atoms with van der Waals surface area (Å²) in [5.74, 6) is -5.23. The van der Waals surface area contributed by atoms with Gasteiger partial charge in [0.1, 0.15) is 18.1 Å². The van der Waals surface area contributed by atoms with Crippen LogP contribution in [0.4, 0.5) is 0 Å². The van der Waals surface area contributed by atoms with Crippen molar-refractivity contribution in [1.82, 2.24) is 37.2 Å². The van der Waals surface area contributed by atoms with Crippen molar-refractivity contribution < 1.29 is 66.8 Å². The Bertz CT molecular complexity index is 3640. The van der Waals surface area contributed by atoms with Gasteiger partial charge in [0.25, 0.3) is 0 Å². The lowest BCUT2D eigenvalue weighted by atomic mass is 9.89. The molecule has 0 aliphatic carbocycles. The molecule has 1 aliphatic heterocycles. The van der Waals surface area contributed by atoms with Gasteiger partial charge in [0, 0.05) is 32.2 Å². The number of carbonyl (C=O) groups excluding carboxylic acids is 8. The molecule has 0 aromatic heterocycles. The molecule has 8 aromatic rings. The van der Waals surface area contributed by atoms with Crippen molar-refractivity contribution in [3.05, 3.63) is 120 Å². The third-order valence-electron chi connectivity index (χ3n) is 14.9. The van der Waals surface area contributed by atoms with Gasteiger partial charge in [0.15, 0.2) is 0 Å². The molecule has 9 N–H and O–H groups in total. The first-order chi connectivity index (χ1) is 41.9. The summed E-state index contributed by atoms with van der Waals surface area (Å²) in [5.41, 5.74) is 6.55. The molecule has 8 aromatic carbocycles. The summed E-state index contributed by atoms with van der Waals surface area (Å²) in [6.45, 7) is 2.38. The predicted octanol–water partition coefficient (Wildman–Crippen LogP) is 2.95. The minimum Gasteiger partial charge on any atom is -0.379 e. The zero-order valence-electron chi connectivity index (χ0n) is 47.8. The van der Waals surface area contributed by atoms with Crippen LogP contribution >= 0.6 is 0 Å². The quantitative estimate of drug-likeness (QED) is 0.0259. The number of nitrogens with two attached hydrogens (primary N) is 1. The van der Waals surface area contributed by atoms with E-state index in [0.717, 1.165) is 75.8 Å². The van der Waals surface area contributed by atoms with Gasteiger partial charge in [-0.15, -0.1) is 0 Å². The largest absolute Gasteiger partial charge is 0.379 e. The number of carbonyl (C=O) groups is 8. The van der Waals surface area contributed by atoms with Gasteiger partial charge in [-0.25, -0.2) is 0 Å². The van der Waals surface area contributed by atoms with Gasteiger partial charge >= 0.3 is 0 Å². The fraction of sp³-hybridized carbons (Fsp3) is 0.375. The van der Waals surface area contributed by atoms with Crippen LogP contribution in [0.25, 0.3) is 64.6 Å². The van der Waals surface area contributed by atoms with Gasteiger partial charge in [0.05, 0.1) is 98.9 Å². The molecule has 3 atom stereocenters. The highest BCUT2D eigenvalue weighted by Gasteiger charge is 2.31. The van der Waals surface area contributed by atoms with Crippen LogP contribution in [-0.4, -0.2) is 171 Å². The predicted molar refractivity (Wildman–Crippen MR) is 323 cm³/mol. The van der Waals surface area contributed by atoms with Crippen molar-refractivity contribution >= 4 is 112 Å². The fourth-order valence-corrected chi connectivity index (χ4v) is 10.7. The van der Waals surface area contributed by atoms with Crippen LogP contribution in [0.3, 0.4) is 0 Å². The van der Waals surface area contributed by atoms with Crippen molar-refractivity contribution in [2.75, 3.05) is 105 Å². The number of benzene rings is 8. The molecule has 86 heavy (non-hydrogen) atoms. The topological polar surface area (TPSA) is 302 Å². The van der Waals surface area contributed by atoms with E-state index in [-0.39, 0.29) is 58.5 Å². The Morgan fingerprint density at radius 2 is 0.791 bits per heavy atom. The Kier molecular flexibility index (Phi) is 22.3. The SMILES string of the molecule is NC(=O)CCOCCOCCOCCOCCOCCOCCNC(=O)CC[C@H]1NC(=O)CNC(=O)[C@@H](Cc2ccc3ccc4cccc5ccc2c3c45)NC(=O)[C@@H](Cc2ccc3ccc4cccc5ccc2c3c45)NC(=O)CNC(=O)CNC1=O. The Hall–Kier alpha value is -8.64. The van der Waals surface area contributed by atoms with Gasteiger partial charge < -0.3 is 71.4 Å². The average molecular weight is 1180 g/mol. The van der Waals surface area contributed by atoms with Crippen LogP contribution in [0.2, 0.25) is 0 Å². The smallest absolute Gasteiger partial charge is 0.243 e. The van der Waals surface area contributed by atoms with Crippen LogP contribution < -0.4 is 43.0 Å². The highest BCUT2D eigenvalue weighted by Crippen LogP contribution is 2.38. The first-order valence-corrected chi connectivity index (χ1v) is 28.9. The Morgan fingerprint density at radius 3 is 1.28 bits per heavy atom. The van der Waals surface area contributed by atoms with Crippen LogP contribution in [0.5, 0.6) is 0 Å². The highest BCUT2D eigenvalue weighted by molar-refractivity contribution is 6.25. The third kappa shape index (κ3) is 16.8. The van der Waals surface area contributed by atoms with Crippen LogP contribution in [0.15, 0.2) is 109 Å². The molecule has 0 saturated carbocycles. The molecule has 1 heterocycles. The van der Waals surface area contributed by atoms with E-state index in [4.69, 9.17) is 34.2 Å². The first-order valence-electron chi connectivity index (χ1n) is 28.9. The summed E-state index contributed by atoms with van der Waals surface area (Å²) < 4.78 is 32.6. The van der Waals surface area contributed by atoms with Crippen LogP contribution in [0, 0.1) is 0 Å². The summed E-state index contributed by atoms with van der Waals surface area (Å²) >= 11 is 0. The molecule has 1 saturated heterocycles. The molecule has 1 fully saturated rings. The van der Waals surface area contributed by atoms with Gasteiger partial charge in [0.2, 0.25) is 47.3 Å². The summed E-state index contributed by atoms with van der Waals surface area (Å²) in [4.78, 5) is 107. The molecule has 9 rings (SSSR count). The normalized spacial score (nSPS) is 16.9. The Morgan fingerprint density at radius 1 is 0.407 bits per heavy atom. The summed E-state index contributed by atoms with van der Waals surface area (Å²) in [7, 11) is 0. The monoisotopic (exact) mass is 1180 g/mol. The second-order valence-electron chi connectivity index (χ2n) is 20.9. The van der Waals surface area contributed by atoms with E-state index in [2.05, 4.69) is 49.4 Å². The van der Waals surface area contributed by atoms with E-state index >= 15 is 0 Å². The highest BCUT2D eigenvalue weighted by atomic mass is 16.6. The number of ether oxygens (including phenoxy) is 6. The number of amides is 8. The number of hydrogen-bond acceptors (Lipinski definition) is 14. The van der Waals surface area contributed by atoms with Crippen molar-refractivity contribution in [1.29, 1.82) is 0 Å². The number of rotatable bonds is 28. The number of primary amides is 1. The van der Waals surface area contributed by atoms with Gasteiger partial charge in [-0.3, -0.25) is 38.4 Å². The molecule has 22 heteroatoms. The summed E-state index contributed by atoms with van der Waals surface area (Å²) in [6.07, 6.45) is -0.233. The lowest BCUT2D eigenvalue weighted by Crippen LogP contribution is -2.57. The molecule has 452 valence electrons. The van der Waals surface area contributed by atoms with E-state index in [0.29, 0.717) is 59.5 Å². The van der Waals surface area contributed by atoms with E-state index < -0.39 is 85.0 Å². The fourth-order valence-electron chi connectivity index (χ4n) is 10.7. The Labute approximate surface area is 495 Å². The Balaban J connectivity index is 0.797. The van der Waals surface area contributed by atoms with Crippen molar-refractivity contribution in [3.63, 3.8) is 0 Å². The molecule has 0 spiro atoms. The second kappa shape index (κ2) is 31.0. The number of hydrogen-bond donors (Lipinski definition) is 8. The molecular weight excluding hydrogens is 1100 g/mol. The zero-order chi connectivity index (χ0) is 60.2. The molecule has 8 amide bonds. The van der Waals surface area contributed by atoms with E-state index in [9.17, 15) is 38.4 Å². The molecular formula is C64H72N8O14. The average Bonchev–Trinajstić information content (AvgIpc) is 0.854. The van der Waals surface area contributed by atoms with Gasteiger partial charge in [-0.2, -0.15) is 0 Å². The van der Waals surface area contributed by atoms with E-state index in [1.165, 1.54) is 0 Å². The van der Waals surface area contributed by atoms with E-state index in [1.54, 1.807) is 0 Å². The van der Waals surface area contributed by atoms with Crippen molar-refractivity contribution in [2.45, 2.75) is 50.2 Å². The lowest BCUT2D eigenvalue weighted by molar-refractivity contribution is -0.134. The molecule has 0 unspecified atom stereocenters. The maximum Gasteiger partial charge on any atom is 0.243 e. The van der Waals surface area contributed by atoms with Gasteiger partial charge in [-0.1, -0.05) is 109 Å². The second-order valence-corrected chi connectivity index (χ2v) is 20.9. The molecule has 22 nitrogen and oxygen atoms in total. The lowest BCUT2D eigenvalue weighted by Gasteiger charge is -2.25. The van der Waals surface area contributed by atoms with Crippen molar-refractivity contribution in [3.8, 4) is 0 Å². The maximum atomic E-state index is 14.9. The van der Waals surface area contributed by atoms with E-state index in [1.807, 2.05) is 97.1 Å². The van der Waals surface area contributed by atoms with Crippen LogP contribution in [-0.2, 0) is 79.6 Å². The summed E-state index contributed by atoms with van der Waals surface area (Å²) in [6, 6.07) is 32.3. The zero-order valence-corrected chi connectivity index (χ0v) is 47.8. The van der Waals surface area contributed by atoms with Crippen molar-refractivity contribution in [2.24, 2.45) is 5.73 Å². The van der Waals surface area contributed by atoms with Crippen LogP contribution in [0.1, 0.15) is 30.4 Å². The minimum absolute atomic E-state index is 0.00542. The number of nitrogens with one attached hydrogen (secondary N) is 7. The maximum absolute atomic E-state index is 14.9. The minimum atomic E-state index is -1.32. The molecule has 1 aliphatic rings. The summed E-state index contributed by atoms with van der Waals surface area (Å²) in [5, 5.41) is 30.8. The standard InChI is InChI=1S/C64H72N8O14/c65-53(73)21-23-81-25-27-83-29-31-85-33-34-86-32-30-84-28-26-82-24-22-66-54(74)20-19-50-62(78)68-37-55(75)67-38-56(76)71-52(36-47-14-12-45-10-8-41-4-2-6-43-16-18-49(47)61(45)59(41)43)64(80)72-51(63(79)69-39-57(77)70-50)35-46-13-11-44-9-7-40-3-1-5-42-15-17-48(46)60(44)58(40)42/h1-18,50-52H,19-39H2,(H2,65,73)(H,66,74)(H,67,75)(H,68,78)(H,69,79)(H,70,77)(H,71,76)(H,72,80)/t50-,51-,52-/m1/s1. The first kappa shape index (κ1) is 61.9. The van der Waals surface area contributed by atoms with Gasteiger partial charge in [-0.05, 0) is 82.2 Å².